The van der Waals surface area contributed by atoms with Gasteiger partial charge >= 0.3 is 0 Å². The summed E-state index contributed by atoms with van der Waals surface area (Å²) in [6, 6.07) is 4.06. The van der Waals surface area contributed by atoms with E-state index in [2.05, 4.69) is 27.0 Å². The first-order chi connectivity index (χ1) is 6.90. The smallest absolute Gasteiger partial charge is 0.0844 e. The van der Waals surface area contributed by atoms with E-state index in [1.54, 1.807) is 6.20 Å². The highest BCUT2D eigenvalue weighted by Gasteiger charge is 2.22. The van der Waals surface area contributed by atoms with E-state index in [0.29, 0.717) is 6.10 Å². The summed E-state index contributed by atoms with van der Waals surface area (Å²) < 4.78 is 5.93. The number of halogens is 1. The largest absolute Gasteiger partial charge is 0.369 e. The summed E-state index contributed by atoms with van der Waals surface area (Å²) in [7, 11) is 0. The van der Waals surface area contributed by atoms with Crippen LogP contribution in [0, 0.1) is 0 Å². The molecule has 2 unspecified atom stereocenters. The number of aromatic nitrogens is 1. The Labute approximate surface area is 92.8 Å². The molecule has 2 nitrogen and oxygen atoms in total. The first kappa shape index (κ1) is 10.1. The van der Waals surface area contributed by atoms with Gasteiger partial charge in [0.25, 0.3) is 0 Å². The second-order valence-electron chi connectivity index (χ2n) is 3.62. The van der Waals surface area contributed by atoms with Gasteiger partial charge < -0.3 is 4.74 Å². The Morgan fingerprint density at radius 1 is 1.50 bits per heavy atom. The van der Waals surface area contributed by atoms with Crippen molar-refractivity contribution in [2.75, 3.05) is 5.33 Å². The van der Waals surface area contributed by atoms with Crippen LogP contribution >= 0.6 is 15.9 Å². The zero-order valence-corrected chi connectivity index (χ0v) is 9.61. The first-order valence-corrected chi connectivity index (χ1v) is 6.13. The van der Waals surface area contributed by atoms with Crippen molar-refractivity contribution in [3.63, 3.8) is 0 Å². The van der Waals surface area contributed by atoms with Gasteiger partial charge in [-0.2, -0.15) is 0 Å². The maximum Gasteiger partial charge on any atom is 0.0844 e. The van der Waals surface area contributed by atoms with Crippen molar-refractivity contribution in [2.24, 2.45) is 0 Å². The fraction of sp³-hybridized carbons (Fsp3) is 0.545. The molecule has 2 atom stereocenters. The van der Waals surface area contributed by atoms with E-state index >= 15 is 0 Å². The minimum atomic E-state index is 0.250. The number of pyridine rings is 1. The summed E-state index contributed by atoms with van der Waals surface area (Å²) in [5, 5.41) is 0.934. The van der Waals surface area contributed by atoms with Gasteiger partial charge in [0, 0.05) is 17.7 Å². The van der Waals surface area contributed by atoms with Gasteiger partial charge in [0.1, 0.15) is 0 Å². The predicted octanol–water partition coefficient (Wildman–Crippen LogP) is 3.09. The van der Waals surface area contributed by atoms with Crippen molar-refractivity contribution < 1.29 is 4.74 Å². The van der Waals surface area contributed by atoms with Crippen molar-refractivity contribution in [1.29, 1.82) is 0 Å². The number of rotatable bonds is 2. The molecule has 1 saturated heterocycles. The van der Waals surface area contributed by atoms with Gasteiger partial charge in [-0.05, 0) is 30.9 Å². The van der Waals surface area contributed by atoms with Crippen molar-refractivity contribution in [3.8, 4) is 0 Å². The average molecular weight is 256 g/mol. The maximum absolute atomic E-state index is 5.93. The SMILES string of the molecule is BrCC1CCCC(c2cccnc2)O1. The minimum absolute atomic E-state index is 0.250. The summed E-state index contributed by atoms with van der Waals surface area (Å²) >= 11 is 3.47. The highest BCUT2D eigenvalue weighted by molar-refractivity contribution is 9.09. The Bertz CT molecular complexity index is 278. The van der Waals surface area contributed by atoms with Crippen LogP contribution in [0.3, 0.4) is 0 Å². The van der Waals surface area contributed by atoms with Gasteiger partial charge in [0.15, 0.2) is 0 Å². The Balaban J connectivity index is 2.04. The molecule has 1 aromatic heterocycles. The van der Waals surface area contributed by atoms with E-state index in [0.717, 1.165) is 11.8 Å². The van der Waals surface area contributed by atoms with E-state index in [4.69, 9.17) is 4.74 Å². The van der Waals surface area contributed by atoms with Crippen molar-refractivity contribution in [3.05, 3.63) is 30.1 Å². The third kappa shape index (κ3) is 2.34. The number of hydrogen-bond acceptors (Lipinski definition) is 2. The van der Waals surface area contributed by atoms with Crippen LogP contribution in [0.4, 0.5) is 0 Å². The molecule has 0 aliphatic carbocycles. The van der Waals surface area contributed by atoms with Crippen LogP contribution in [0.15, 0.2) is 24.5 Å². The summed E-state index contributed by atoms with van der Waals surface area (Å²) in [6.07, 6.45) is 7.86. The quantitative estimate of drug-likeness (QED) is 0.758. The number of nitrogens with zero attached hydrogens (tertiary/aromatic N) is 1. The van der Waals surface area contributed by atoms with Crippen LogP contribution < -0.4 is 0 Å². The van der Waals surface area contributed by atoms with E-state index in [1.807, 2.05) is 12.3 Å². The normalized spacial score (nSPS) is 27.5. The molecule has 0 spiro atoms. The molecule has 0 radical (unpaired) electrons. The fourth-order valence-corrected chi connectivity index (χ4v) is 2.30. The van der Waals surface area contributed by atoms with Crippen LogP contribution in [0.25, 0.3) is 0 Å². The summed E-state index contributed by atoms with van der Waals surface area (Å²) in [6.45, 7) is 0. The summed E-state index contributed by atoms with van der Waals surface area (Å²) in [5.74, 6) is 0. The standard InChI is InChI=1S/C11H14BrNO/c12-7-10-4-1-5-11(14-10)9-3-2-6-13-8-9/h2-3,6,8,10-11H,1,4-5,7H2. The Morgan fingerprint density at radius 3 is 3.14 bits per heavy atom. The second kappa shape index (κ2) is 4.89. The molecule has 14 heavy (non-hydrogen) atoms. The van der Waals surface area contributed by atoms with Crippen molar-refractivity contribution in [1.82, 2.24) is 4.98 Å². The van der Waals surface area contributed by atoms with Crippen LogP contribution in [-0.4, -0.2) is 16.4 Å². The van der Waals surface area contributed by atoms with E-state index < -0.39 is 0 Å². The average Bonchev–Trinajstić information content (AvgIpc) is 2.30. The Kier molecular flexibility index (Phi) is 3.54. The lowest BCUT2D eigenvalue weighted by Crippen LogP contribution is -2.23. The molecule has 1 aromatic rings. The van der Waals surface area contributed by atoms with Crippen LogP contribution in [0.5, 0.6) is 0 Å². The van der Waals surface area contributed by atoms with Gasteiger partial charge in [0.05, 0.1) is 12.2 Å². The molecule has 2 heterocycles. The molecule has 1 aliphatic rings. The fourth-order valence-electron chi connectivity index (χ4n) is 1.82. The van der Waals surface area contributed by atoms with Gasteiger partial charge in [0.2, 0.25) is 0 Å². The zero-order chi connectivity index (χ0) is 9.80. The first-order valence-electron chi connectivity index (χ1n) is 5.01. The molecule has 1 aliphatic heterocycles. The second-order valence-corrected chi connectivity index (χ2v) is 4.27. The summed E-state index contributed by atoms with van der Waals surface area (Å²) in [4.78, 5) is 4.12. The third-order valence-electron chi connectivity index (χ3n) is 2.58. The Morgan fingerprint density at radius 2 is 2.43 bits per heavy atom. The topological polar surface area (TPSA) is 22.1 Å². The highest BCUT2D eigenvalue weighted by Crippen LogP contribution is 2.31. The molecule has 1 fully saturated rings. The molecular weight excluding hydrogens is 242 g/mol. The number of alkyl halides is 1. The molecule has 0 N–H and O–H groups in total. The molecule has 0 saturated carbocycles. The van der Waals surface area contributed by atoms with Gasteiger partial charge in [-0.25, -0.2) is 0 Å². The lowest BCUT2D eigenvalue weighted by molar-refractivity contribution is -0.0385. The van der Waals surface area contributed by atoms with Crippen LogP contribution in [0.2, 0.25) is 0 Å². The van der Waals surface area contributed by atoms with Gasteiger partial charge in [-0.15, -0.1) is 0 Å². The molecule has 76 valence electrons. The van der Waals surface area contributed by atoms with E-state index in [1.165, 1.54) is 18.4 Å². The van der Waals surface area contributed by atoms with Gasteiger partial charge in [-0.1, -0.05) is 22.0 Å². The zero-order valence-electron chi connectivity index (χ0n) is 8.03. The molecule has 0 bridgehead atoms. The maximum atomic E-state index is 5.93. The van der Waals surface area contributed by atoms with Crippen LogP contribution in [0.1, 0.15) is 30.9 Å². The van der Waals surface area contributed by atoms with E-state index in [-0.39, 0.29) is 6.10 Å². The lowest BCUT2D eigenvalue weighted by atomic mass is 10.0. The van der Waals surface area contributed by atoms with Crippen molar-refractivity contribution >= 4 is 15.9 Å². The lowest BCUT2D eigenvalue weighted by Gasteiger charge is -2.29. The highest BCUT2D eigenvalue weighted by atomic mass is 79.9. The van der Waals surface area contributed by atoms with E-state index in [9.17, 15) is 0 Å². The third-order valence-corrected chi connectivity index (χ3v) is 3.30. The monoisotopic (exact) mass is 255 g/mol. The summed E-state index contributed by atoms with van der Waals surface area (Å²) in [5.41, 5.74) is 1.21. The number of hydrogen-bond donors (Lipinski definition) is 0. The van der Waals surface area contributed by atoms with Crippen LogP contribution in [-0.2, 0) is 4.74 Å². The van der Waals surface area contributed by atoms with Crippen molar-refractivity contribution in [2.45, 2.75) is 31.5 Å². The Hall–Kier alpha value is -0.410. The molecule has 2 rings (SSSR count). The number of ether oxygens (including phenoxy) is 1. The van der Waals surface area contributed by atoms with Gasteiger partial charge in [-0.3, -0.25) is 4.98 Å². The molecule has 0 aromatic carbocycles. The molecular formula is C11H14BrNO. The predicted molar refractivity (Wildman–Crippen MR) is 59.5 cm³/mol. The molecule has 0 amide bonds. The minimum Gasteiger partial charge on any atom is -0.369 e. The molecule has 3 heteroatoms.